The summed E-state index contributed by atoms with van der Waals surface area (Å²) in [5, 5.41) is 28.2. The van der Waals surface area contributed by atoms with Crippen molar-refractivity contribution >= 4 is 28.9 Å². The Labute approximate surface area is 148 Å². The third kappa shape index (κ3) is 6.63. The number of carbonyl (C=O) groups excluding carboxylic acids is 2. The number of nitro benzene ring substituents is 2. The number of nitrogens with zero attached hydrogens (tertiary/aromatic N) is 3. The fraction of sp³-hybridized carbons (Fsp3) is 0.400. The van der Waals surface area contributed by atoms with Gasteiger partial charge in [-0.15, -0.1) is 0 Å². The van der Waals surface area contributed by atoms with Gasteiger partial charge in [-0.2, -0.15) is 5.10 Å². The fourth-order valence-electron chi connectivity index (χ4n) is 2.00. The van der Waals surface area contributed by atoms with Gasteiger partial charge in [-0.05, 0) is 26.8 Å². The molecule has 0 atom stereocenters. The van der Waals surface area contributed by atoms with E-state index in [-0.39, 0.29) is 30.4 Å². The summed E-state index contributed by atoms with van der Waals surface area (Å²) in [6, 6.07) is 3.02. The van der Waals surface area contributed by atoms with Gasteiger partial charge in [0.15, 0.2) is 0 Å². The number of nitrogens with one attached hydrogen (secondary N) is 2. The van der Waals surface area contributed by atoms with E-state index in [0.717, 1.165) is 18.2 Å². The number of hydrogen-bond donors (Lipinski definition) is 2. The first-order valence-electron chi connectivity index (χ1n) is 7.63. The van der Waals surface area contributed by atoms with E-state index in [1.165, 1.54) is 0 Å². The van der Waals surface area contributed by atoms with Crippen LogP contribution in [0.5, 0.6) is 0 Å². The predicted octanol–water partition coefficient (Wildman–Crippen LogP) is 1.45. The second kappa shape index (κ2) is 9.20. The number of hydrogen-bond acceptors (Lipinski definition) is 7. The third-order valence-electron chi connectivity index (χ3n) is 3.06. The minimum Gasteiger partial charge on any atom is -0.354 e. The molecule has 1 aromatic rings. The average molecular weight is 365 g/mol. The van der Waals surface area contributed by atoms with Crippen LogP contribution < -0.4 is 10.7 Å². The van der Waals surface area contributed by atoms with Crippen LogP contribution in [0.4, 0.5) is 11.4 Å². The summed E-state index contributed by atoms with van der Waals surface area (Å²) in [7, 11) is 0. The standard InChI is InChI=1S/C15H19N5O6/c1-9(2)16-14(21)6-10(3)17-18-15(22)7-11-4-5-12(19(23)24)8-13(11)20(25)26/h4-5,8-9H,6-7H2,1-3H3,(H,16,21)(H,18,22). The zero-order valence-corrected chi connectivity index (χ0v) is 14.5. The summed E-state index contributed by atoms with van der Waals surface area (Å²) in [6.07, 6.45) is -0.389. The highest BCUT2D eigenvalue weighted by atomic mass is 16.6. The van der Waals surface area contributed by atoms with Crippen molar-refractivity contribution in [2.24, 2.45) is 5.10 Å². The monoisotopic (exact) mass is 365 g/mol. The number of amides is 2. The van der Waals surface area contributed by atoms with Crippen LogP contribution in [0.25, 0.3) is 0 Å². The first-order chi connectivity index (χ1) is 12.1. The highest BCUT2D eigenvalue weighted by Gasteiger charge is 2.21. The van der Waals surface area contributed by atoms with E-state index in [2.05, 4.69) is 15.8 Å². The lowest BCUT2D eigenvalue weighted by atomic mass is 10.1. The summed E-state index contributed by atoms with van der Waals surface area (Å²) < 4.78 is 0. The van der Waals surface area contributed by atoms with Crippen LogP contribution in [0.15, 0.2) is 23.3 Å². The Bertz CT molecular complexity index is 759. The van der Waals surface area contributed by atoms with Crippen molar-refractivity contribution in [3.05, 3.63) is 44.0 Å². The largest absolute Gasteiger partial charge is 0.354 e. The lowest BCUT2D eigenvalue weighted by Gasteiger charge is -2.08. The van der Waals surface area contributed by atoms with E-state index >= 15 is 0 Å². The Morgan fingerprint density at radius 1 is 1.15 bits per heavy atom. The predicted molar refractivity (Wildman–Crippen MR) is 92.6 cm³/mol. The lowest BCUT2D eigenvalue weighted by Crippen LogP contribution is -2.31. The van der Waals surface area contributed by atoms with Crippen LogP contribution >= 0.6 is 0 Å². The second-order valence-electron chi connectivity index (χ2n) is 5.79. The zero-order valence-electron chi connectivity index (χ0n) is 14.5. The molecule has 0 radical (unpaired) electrons. The maximum absolute atomic E-state index is 11.9. The molecule has 0 saturated heterocycles. The number of non-ortho nitro benzene ring substituents is 1. The van der Waals surface area contributed by atoms with Crippen LogP contribution in [0.1, 0.15) is 32.8 Å². The van der Waals surface area contributed by atoms with Crippen LogP contribution in [-0.2, 0) is 16.0 Å². The van der Waals surface area contributed by atoms with Gasteiger partial charge in [0.05, 0.1) is 28.8 Å². The zero-order chi connectivity index (χ0) is 19.9. The van der Waals surface area contributed by atoms with Gasteiger partial charge < -0.3 is 5.32 Å². The number of rotatable bonds is 8. The van der Waals surface area contributed by atoms with E-state index < -0.39 is 27.1 Å². The highest BCUT2D eigenvalue weighted by molar-refractivity contribution is 6.00. The van der Waals surface area contributed by atoms with Gasteiger partial charge in [-0.1, -0.05) is 0 Å². The number of benzene rings is 1. The smallest absolute Gasteiger partial charge is 0.279 e. The van der Waals surface area contributed by atoms with Crippen molar-refractivity contribution < 1.29 is 19.4 Å². The molecule has 2 N–H and O–H groups in total. The lowest BCUT2D eigenvalue weighted by molar-refractivity contribution is -0.394. The molecule has 1 aromatic carbocycles. The Morgan fingerprint density at radius 2 is 1.81 bits per heavy atom. The fourth-order valence-corrected chi connectivity index (χ4v) is 2.00. The SMILES string of the molecule is CC(CC(=O)NC(C)C)=NNC(=O)Cc1ccc([N+](=O)[O-])cc1[N+](=O)[O-]. The molecule has 0 aliphatic rings. The molecule has 140 valence electrons. The summed E-state index contributed by atoms with van der Waals surface area (Å²) in [5.41, 5.74) is 1.62. The molecule has 0 unspecified atom stereocenters. The average Bonchev–Trinajstić information content (AvgIpc) is 2.51. The van der Waals surface area contributed by atoms with Crippen LogP contribution in [0.2, 0.25) is 0 Å². The molecule has 1 rings (SSSR count). The molecular weight excluding hydrogens is 346 g/mol. The van der Waals surface area contributed by atoms with Crippen LogP contribution in [0, 0.1) is 20.2 Å². The van der Waals surface area contributed by atoms with Gasteiger partial charge in [0.2, 0.25) is 11.8 Å². The van der Waals surface area contributed by atoms with E-state index in [0.29, 0.717) is 5.71 Å². The molecular formula is C15H19N5O6. The summed E-state index contributed by atoms with van der Waals surface area (Å²) in [5.74, 6) is -0.896. The first kappa shape index (κ1) is 20.7. The Morgan fingerprint density at radius 3 is 2.35 bits per heavy atom. The maximum Gasteiger partial charge on any atom is 0.279 e. The van der Waals surface area contributed by atoms with Crippen molar-refractivity contribution in [1.29, 1.82) is 0 Å². The molecule has 0 aliphatic carbocycles. The Kier molecular flexibility index (Phi) is 7.32. The van der Waals surface area contributed by atoms with Gasteiger partial charge >= 0.3 is 0 Å². The summed E-state index contributed by atoms with van der Waals surface area (Å²) in [4.78, 5) is 43.6. The minimum absolute atomic E-state index is 0.00383. The van der Waals surface area contributed by atoms with E-state index in [4.69, 9.17) is 0 Å². The molecule has 0 bridgehead atoms. The molecule has 0 fully saturated rings. The topological polar surface area (TPSA) is 157 Å². The minimum atomic E-state index is -0.791. The van der Waals surface area contributed by atoms with Gasteiger partial charge in [0.1, 0.15) is 0 Å². The van der Waals surface area contributed by atoms with Gasteiger partial charge in [0.25, 0.3) is 11.4 Å². The number of nitro groups is 2. The molecule has 0 spiro atoms. The normalized spacial score (nSPS) is 11.2. The second-order valence-corrected chi connectivity index (χ2v) is 5.79. The molecule has 11 nitrogen and oxygen atoms in total. The molecule has 0 saturated carbocycles. The Balaban J connectivity index is 2.76. The summed E-state index contributed by atoms with van der Waals surface area (Å²) >= 11 is 0. The van der Waals surface area contributed by atoms with Crippen LogP contribution in [0.3, 0.4) is 0 Å². The molecule has 0 aliphatic heterocycles. The molecule has 26 heavy (non-hydrogen) atoms. The highest BCUT2D eigenvalue weighted by Crippen LogP contribution is 2.24. The molecule has 0 heterocycles. The van der Waals surface area contributed by atoms with Crippen molar-refractivity contribution in [3.63, 3.8) is 0 Å². The van der Waals surface area contributed by atoms with E-state index in [1.807, 2.05) is 13.8 Å². The maximum atomic E-state index is 11.9. The Hall–Kier alpha value is -3.37. The molecule has 11 heteroatoms. The van der Waals surface area contributed by atoms with Crippen molar-refractivity contribution in [2.75, 3.05) is 0 Å². The third-order valence-corrected chi connectivity index (χ3v) is 3.06. The molecule has 0 aromatic heterocycles. The number of hydrazone groups is 1. The first-order valence-corrected chi connectivity index (χ1v) is 7.63. The van der Waals surface area contributed by atoms with Crippen LogP contribution in [-0.4, -0.2) is 33.4 Å². The number of carbonyl (C=O) groups is 2. The van der Waals surface area contributed by atoms with E-state index in [1.54, 1.807) is 6.92 Å². The van der Waals surface area contributed by atoms with Gasteiger partial charge in [-0.25, -0.2) is 5.43 Å². The summed E-state index contributed by atoms with van der Waals surface area (Å²) in [6.45, 7) is 5.17. The van der Waals surface area contributed by atoms with Gasteiger partial charge in [0, 0.05) is 23.4 Å². The van der Waals surface area contributed by atoms with Crippen molar-refractivity contribution in [1.82, 2.24) is 10.7 Å². The van der Waals surface area contributed by atoms with Gasteiger partial charge in [-0.3, -0.25) is 29.8 Å². The van der Waals surface area contributed by atoms with Crippen molar-refractivity contribution in [2.45, 2.75) is 39.7 Å². The molecule has 2 amide bonds. The quantitative estimate of drug-likeness (QED) is 0.403. The van der Waals surface area contributed by atoms with E-state index in [9.17, 15) is 29.8 Å². The van der Waals surface area contributed by atoms with Crippen molar-refractivity contribution in [3.8, 4) is 0 Å².